The van der Waals surface area contributed by atoms with Crippen LogP contribution in [0.15, 0.2) is 0 Å². The summed E-state index contributed by atoms with van der Waals surface area (Å²) in [6.07, 6.45) is 5.08. The predicted molar refractivity (Wildman–Crippen MR) is 103 cm³/mol. The summed E-state index contributed by atoms with van der Waals surface area (Å²) in [5.41, 5.74) is 0. The first-order chi connectivity index (χ1) is 11.2. The summed E-state index contributed by atoms with van der Waals surface area (Å²) in [4.78, 5) is 21.5. The van der Waals surface area contributed by atoms with Gasteiger partial charge in [-0.05, 0) is 19.8 Å². The molecular formula is C16H25Cl5O3. The molecule has 0 radical (unpaired) electrons. The topological polar surface area (TPSA) is 43.4 Å². The molecule has 0 bridgehead atoms. The maximum atomic E-state index is 11.3. The molecule has 0 aliphatic carbocycles. The number of esters is 1. The van der Waals surface area contributed by atoms with Gasteiger partial charge in [-0.3, -0.25) is 4.79 Å². The number of rotatable bonds is 13. The van der Waals surface area contributed by atoms with Crippen molar-refractivity contribution in [3.63, 3.8) is 0 Å². The van der Waals surface area contributed by atoms with Crippen molar-refractivity contribution in [1.29, 1.82) is 0 Å². The van der Waals surface area contributed by atoms with E-state index in [1.54, 1.807) is 6.92 Å². The zero-order valence-corrected chi connectivity index (χ0v) is 17.7. The van der Waals surface area contributed by atoms with Gasteiger partial charge < -0.3 is 9.53 Å². The first-order valence-corrected chi connectivity index (χ1v) is 10.2. The summed E-state index contributed by atoms with van der Waals surface area (Å²) in [7, 11) is 0. The molecule has 0 rings (SSSR count). The minimum Gasteiger partial charge on any atom is -0.459 e. The maximum absolute atomic E-state index is 11.3. The minimum absolute atomic E-state index is 0.382. The second kappa shape index (κ2) is 13.7. The molecule has 0 aliphatic heterocycles. The normalized spacial score (nSPS) is 19.0. The van der Waals surface area contributed by atoms with Gasteiger partial charge in [-0.2, -0.15) is 0 Å². The van der Waals surface area contributed by atoms with E-state index in [-0.39, 0.29) is 5.38 Å². The van der Waals surface area contributed by atoms with E-state index in [2.05, 4.69) is 0 Å². The van der Waals surface area contributed by atoms with E-state index >= 15 is 0 Å². The Balaban J connectivity index is 4.51. The lowest BCUT2D eigenvalue weighted by molar-refractivity contribution is -0.146. The molecule has 0 aromatic carbocycles. The van der Waals surface area contributed by atoms with Gasteiger partial charge in [0.15, 0.2) is 0 Å². The number of ether oxygens (including phenoxy) is 1. The van der Waals surface area contributed by atoms with Gasteiger partial charge in [-0.15, -0.1) is 58.0 Å². The van der Waals surface area contributed by atoms with Gasteiger partial charge in [0.05, 0.1) is 26.9 Å². The number of alkyl halides is 5. The molecule has 24 heavy (non-hydrogen) atoms. The molecule has 0 aromatic rings. The number of hydrogen-bond acceptors (Lipinski definition) is 3. The fraction of sp³-hybridized carbons (Fsp3) is 0.875. The van der Waals surface area contributed by atoms with E-state index in [1.807, 2.05) is 0 Å². The average molecular weight is 443 g/mol. The number of hydrogen-bond donors (Lipinski definition) is 0. The Labute approximate surface area is 169 Å². The summed E-state index contributed by atoms with van der Waals surface area (Å²) in [5.74, 6) is -0.501. The summed E-state index contributed by atoms with van der Waals surface area (Å²) in [5, 5.41) is -2.88. The summed E-state index contributed by atoms with van der Waals surface area (Å²) in [6, 6.07) is 0. The molecular weight excluding hydrogens is 417 g/mol. The van der Waals surface area contributed by atoms with Crippen LogP contribution in [0.25, 0.3) is 0 Å². The molecule has 142 valence electrons. The molecule has 0 unspecified atom stereocenters. The molecule has 0 saturated heterocycles. The molecule has 8 heteroatoms. The van der Waals surface area contributed by atoms with E-state index < -0.39 is 33.6 Å². The molecule has 0 heterocycles. The molecule has 0 saturated carbocycles. The number of carbonyl (C=O) groups is 2. The van der Waals surface area contributed by atoms with Crippen LogP contribution >= 0.6 is 58.0 Å². The standard InChI is InChI=1S/C16H25Cl5O3/c1-10(17)13(19)16(24-11(2)23)15(21)14(20)12(18)8-6-4-3-5-7-9-22/h9-10,12-16H,3-8H2,1-2H3/t10-,12-,13-,14+,15-,16-/m1/s1. The van der Waals surface area contributed by atoms with E-state index in [0.717, 1.165) is 32.0 Å². The van der Waals surface area contributed by atoms with Crippen molar-refractivity contribution in [1.82, 2.24) is 0 Å². The molecule has 0 aliphatic rings. The van der Waals surface area contributed by atoms with Crippen LogP contribution < -0.4 is 0 Å². The van der Waals surface area contributed by atoms with Gasteiger partial charge >= 0.3 is 5.97 Å². The third-order valence-electron chi connectivity index (χ3n) is 3.57. The van der Waals surface area contributed by atoms with E-state index in [9.17, 15) is 9.59 Å². The Morgan fingerprint density at radius 3 is 2.04 bits per heavy atom. The Morgan fingerprint density at radius 1 is 0.958 bits per heavy atom. The maximum Gasteiger partial charge on any atom is 0.303 e. The van der Waals surface area contributed by atoms with Crippen LogP contribution in [0.3, 0.4) is 0 Å². The van der Waals surface area contributed by atoms with E-state index in [0.29, 0.717) is 12.8 Å². The number of halogens is 5. The highest BCUT2D eigenvalue weighted by Crippen LogP contribution is 2.31. The Hall–Kier alpha value is 0.590. The van der Waals surface area contributed by atoms with Crippen LogP contribution in [0.1, 0.15) is 52.4 Å². The summed E-state index contributed by atoms with van der Waals surface area (Å²) >= 11 is 31.3. The van der Waals surface area contributed by atoms with E-state index in [4.69, 9.17) is 62.7 Å². The summed E-state index contributed by atoms with van der Waals surface area (Å²) < 4.78 is 5.21. The minimum atomic E-state index is -0.824. The highest BCUT2D eigenvalue weighted by molar-refractivity contribution is 6.36. The summed E-state index contributed by atoms with van der Waals surface area (Å²) in [6.45, 7) is 2.97. The molecule has 6 atom stereocenters. The van der Waals surface area contributed by atoms with E-state index in [1.165, 1.54) is 6.92 Å². The van der Waals surface area contributed by atoms with Gasteiger partial charge in [0.1, 0.15) is 12.4 Å². The SMILES string of the molecule is CC(=O)O[C@@H]([C@H](Cl)[C@@H](Cl)[C@H](Cl)CCCCCCC=O)[C@H](Cl)[C@@H](C)Cl. The third kappa shape index (κ3) is 9.91. The van der Waals surface area contributed by atoms with Gasteiger partial charge in [0.2, 0.25) is 0 Å². The highest BCUT2D eigenvalue weighted by atomic mass is 35.5. The second-order valence-electron chi connectivity index (χ2n) is 5.76. The lowest BCUT2D eigenvalue weighted by atomic mass is 10.0. The van der Waals surface area contributed by atoms with Crippen LogP contribution in [0.4, 0.5) is 0 Å². The molecule has 0 amide bonds. The van der Waals surface area contributed by atoms with Crippen molar-refractivity contribution in [2.75, 3.05) is 0 Å². The second-order valence-corrected chi connectivity index (χ2v) is 8.52. The van der Waals surface area contributed by atoms with Crippen LogP contribution in [0, 0.1) is 0 Å². The number of unbranched alkanes of at least 4 members (excludes halogenated alkanes) is 4. The van der Waals surface area contributed by atoms with Crippen molar-refractivity contribution in [2.24, 2.45) is 0 Å². The average Bonchev–Trinajstić information content (AvgIpc) is 2.53. The number of carbonyl (C=O) groups excluding carboxylic acids is 2. The van der Waals surface area contributed by atoms with Crippen molar-refractivity contribution >= 4 is 70.3 Å². The van der Waals surface area contributed by atoms with Gasteiger partial charge in [0.25, 0.3) is 0 Å². The monoisotopic (exact) mass is 440 g/mol. The Kier molecular flexibility index (Phi) is 14.1. The fourth-order valence-corrected chi connectivity index (χ4v) is 3.68. The van der Waals surface area contributed by atoms with Gasteiger partial charge in [0, 0.05) is 13.3 Å². The Bertz CT molecular complexity index is 368. The largest absolute Gasteiger partial charge is 0.459 e. The van der Waals surface area contributed by atoms with Gasteiger partial charge in [-0.1, -0.05) is 19.3 Å². The zero-order valence-electron chi connectivity index (χ0n) is 13.9. The van der Waals surface area contributed by atoms with Crippen molar-refractivity contribution < 1.29 is 14.3 Å². The van der Waals surface area contributed by atoms with Gasteiger partial charge in [-0.25, -0.2) is 0 Å². The molecule has 0 aromatic heterocycles. The third-order valence-corrected chi connectivity index (χ3v) is 6.44. The van der Waals surface area contributed by atoms with Crippen LogP contribution in [-0.4, -0.2) is 45.2 Å². The molecule has 0 spiro atoms. The lowest BCUT2D eigenvalue weighted by Gasteiger charge is -2.31. The fourth-order valence-electron chi connectivity index (χ4n) is 2.22. The van der Waals surface area contributed by atoms with Crippen LogP contribution in [0.5, 0.6) is 0 Å². The van der Waals surface area contributed by atoms with Crippen molar-refractivity contribution in [2.45, 2.75) is 85.4 Å². The molecule has 0 fully saturated rings. The lowest BCUT2D eigenvalue weighted by Crippen LogP contribution is -2.45. The van der Waals surface area contributed by atoms with Crippen LogP contribution in [0.2, 0.25) is 0 Å². The molecule has 0 N–H and O–H groups in total. The first-order valence-electron chi connectivity index (χ1n) is 8.03. The molecule has 3 nitrogen and oxygen atoms in total. The predicted octanol–water partition coefficient (Wildman–Crippen LogP) is 5.51. The smallest absolute Gasteiger partial charge is 0.303 e. The van der Waals surface area contributed by atoms with Crippen molar-refractivity contribution in [3.05, 3.63) is 0 Å². The van der Waals surface area contributed by atoms with Crippen molar-refractivity contribution in [3.8, 4) is 0 Å². The number of aldehydes is 1. The highest BCUT2D eigenvalue weighted by Gasteiger charge is 2.39. The zero-order chi connectivity index (χ0) is 18.7. The van der Waals surface area contributed by atoms with Crippen LogP contribution in [-0.2, 0) is 14.3 Å². The first kappa shape index (κ1) is 24.6. The Morgan fingerprint density at radius 2 is 1.54 bits per heavy atom. The quantitative estimate of drug-likeness (QED) is 0.163.